The summed E-state index contributed by atoms with van der Waals surface area (Å²) in [4.78, 5) is 5.16. The molecule has 0 aromatic rings. The topological polar surface area (TPSA) is 38.7 Å². The molecule has 1 aliphatic heterocycles. The van der Waals surface area contributed by atoms with Gasteiger partial charge >= 0.3 is 0 Å². The van der Waals surface area contributed by atoms with E-state index in [4.69, 9.17) is 0 Å². The van der Waals surface area contributed by atoms with Crippen LogP contribution in [0.25, 0.3) is 0 Å². The molecule has 2 fully saturated rings. The number of hydrogen-bond donors (Lipinski definition) is 2. The Bertz CT molecular complexity index is 287. The molecular formula is C15H31N3O. The van der Waals surface area contributed by atoms with E-state index in [1.165, 1.54) is 32.5 Å². The maximum atomic E-state index is 9.71. The molecule has 0 spiro atoms. The molecule has 0 amide bonds. The summed E-state index contributed by atoms with van der Waals surface area (Å²) < 4.78 is 0. The van der Waals surface area contributed by atoms with Gasteiger partial charge in [0.25, 0.3) is 0 Å². The summed E-state index contributed by atoms with van der Waals surface area (Å²) in [5, 5.41) is 13.2. The van der Waals surface area contributed by atoms with E-state index in [1.807, 2.05) is 0 Å². The van der Waals surface area contributed by atoms with Crippen molar-refractivity contribution in [1.29, 1.82) is 0 Å². The van der Waals surface area contributed by atoms with Crippen LogP contribution in [-0.2, 0) is 0 Å². The van der Waals surface area contributed by atoms with Crippen molar-refractivity contribution < 1.29 is 5.11 Å². The number of likely N-dealkylation sites (N-methyl/N-ethyl adjacent to an activating group) is 2. The van der Waals surface area contributed by atoms with Gasteiger partial charge in [-0.05, 0) is 39.3 Å². The molecule has 112 valence electrons. The van der Waals surface area contributed by atoms with Gasteiger partial charge in [-0.1, -0.05) is 13.8 Å². The summed E-state index contributed by atoms with van der Waals surface area (Å²) in [6.07, 6.45) is 4.69. The van der Waals surface area contributed by atoms with Crippen molar-refractivity contribution in [3.63, 3.8) is 0 Å². The Morgan fingerprint density at radius 1 is 1.32 bits per heavy atom. The molecule has 0 radical (unpaired) electrons. The van der Waals surface area contributed by atoms with E-state index < -0.39 is 0 Å². The third kappa shape index (κ3) is 3.30. The Morgan fingerprint density at radius 2 is 2.11 bits per heavy atom. The second-order valence-corrected chi connectivity index (χ2v) is 6.40. The van der Waals surface area contributed by atoms with Gasteiger partial charge in [-0.3, -0.25) is 4.90 Å². The van der Waals surface area contributed by atoms with E-state index in [2.05, 4.69) is 36.0 Å². The van der Waals surface area contributed by atoms with E-state index in [-0.39, 0.29) is 12.1 Å². The predicted octanol–water partition coefficient (Wildman–Crippen LogP) is 0.906. The van der Waals surface area contributed by atoms with E-state index in [0.717, 1.165) is 19.4 Å². The second-order valence-electron chi connectivity index (χ2n) is 6.40. The first-order chi connectivity index (χ1) is 9.14. The molecule has 3 atom stereocenters. The lowest BCUT2D eigenvalue weighted by molar-refractivity contribution is 0.0585. The van der Waals surface area contributed by atoms with E-state index in [9.17, 15) is 5.11 Å². The van der Waals surface area contributed by atoms with Crippen LogP contribution in [0.2, 0.25) is 0 Å². The minimum absolute atomic E-state index is 0.00945. The second kappa shape index (κ2) is 6.53. The lowest BCUT2D eigenvalue weighted by Crippen LogP contribution is -2.55. The van der Waals surface area contributed by atoms with Gasteiger partial charge in [0.05, 0.1) is 6.61 Å². The summed E-state index contributed by atoms with van der Waals surface area (Å²) in [7, 11) is 2.25. The van der Waals surface area contributed by atoms with Crippen molar-refractivity contribution in [3.05, 3.63) is 0 Å². The minimum atomic E-state index is -0.00945. The standard InChI is InChI=1S/C15H31N3O/c1-4-13-11-18(9-8-17(13)3)14-6-7-15(10-14,12-19)16-5-2/h13-14,16,19H,4-12H2,1-3H3. The lowest BCUT2D eigenvalue weighted by atomic mass is 9.98. The van der Waals surface area contributed by atoms with Crippen LogP contribution in [0.3, 0.4) is 0 Å². The maximum absolute atomic E-state index is 9.71. The zero-order valence-electron chi connectivity index (χ0n) is 12.9. The number of nitrogens with one attached hydrogen (secondary N) is 1. The molecule has 19 heavy (non-hydrogen) atoms. The first-order valence-corrected chi connectivity index (χ1v) is 7.94. The van der Waals surface area contributed by atoms with Gasteiger partial charge in [-0.2, -0.15) is 0 Å². The highest BCUT2D eigenvalue weighted by Gasteiger charge is 2.41. The van der Waals surface area contributed by atoms with Gasteiger partial charge in [0, 0.05) is 37.3 Å². The first-order valence-electron chi connectivity index (χ1n) is 7.94. The smallest absolute Gasteiger partial charge is 0.0613 e. The summed E-state index contributed by atoms with van der Waals surface area (Å²) in [6.45, 7) is 9.22. The molecule has 4 nitrogen and oxygen atoms in total. The SMILES string of the molecule is CCNC1(CO)CCC(N2CCN(C)C(CC)C2)C1. The third-order valence-corrected chi connectivity index (χ3v) is 5.23. The number of rotatable bonds is 5. The first kappa shape index (κ1) is 15.2. The van der Waals surface area contributed by atoms with Crippen LogP contribution < -0.4 is 5.32 Å². The normalized spacial score (nSPS) is 37.9. The van der Waals surface area contributed by atoms with Gasteiger partial charge in [-0.25, -0.2) is 0 Å². The molecule has 4 heteroatoms. The van der Waals surface area contributed by atoms with Crippen molar-refractivity contribution in [2.45, 2.75) is 57.2 Å². The van der Waals surface area contributed by atoms with Gasteiger partial charge in [0.15, 0.2) is 0 Å². The van der Waals surface area contributed by atoms with Crippen LogP contribution >= 0.6 is 0 Å². The van der Waals surface area contributed by atoms with E-state index in [0.29, 0.717) is 12.1 Å². The third-order valence-electron chi connectivity index (χ3n) is 5.23. The van der Waals surface area contributed by atoms with Gasteiger partial charge in [0.2, 0.25) is 0 Å². The summed E-state index contributed by atoms with van der Waals surface area (Å²) in [5.74, 6) is 0. The molecule has 2 aliphatic rings. The van der Waals surface area contributed by atoms with Gasteiger partial charge in [-0.15, -0.1) is 0 Å². The zero-order chi connectivity index (χ0) is 13.9. The molecule has 0 aromatic heterocycles. The minimum Gasteiger partial charge on any atom is -0.394 e. The Balaban J connectivity index is 1.93. The highest BCUT2D eigenvalue weighted by molar-refractivity contribution is 5.00. The quantitative estimate of drug-likeness (QED) is 0.778. The highest BCUT2D eigenvalue weighted by atomic mass is 16.3. The average Bonchev–Trinajstić information content (AvgIpc) is 2.85. The molecule has 0 aromatic carbocycles. The van der Waals surface area contributed by atoms with Crippen molar-refractivity contribution in [1.82, 2.24) is 15.1 Å². The van der Waals surface area contributed by atoms with E-state index >= 15 is 0 Å². The molecule has 1 heterocycles. The Hall–Kier alpha value is -0.160. The molecule has 1 saturated carbocycles. The molecule has 2 rings (SSSR count). The molecule has 2 N–H and O–H groups in total. The largest absolute Gasteiger partial charge is 0.394 e. The van der Waals surface area contributed by atoms with Crippen LogP contribution in [0, 0.1) is 0 Å². The molecule has 3 unspecified atom stereocenters. The molecule has 0 bridgehead atoms. The zero-order valence-corrected chi connectivity index (χ0v) is 12.9. The summed E-state index contributed by atoms with van der Waals surface area (Å²) in [6, 6.07) is 1.37. The van der Waals surface area contributed by atoms with E-state index in [1.54, 1.807) is 0 Å². The van der Waals surface area contributed by atoms with Crippen molar-refractivity contribution in [2.75, 3.05) is 39.8 Å². The lowest BCUT2D eigenvalue weighted by Gasteiger charge is -2.42. The number of aliphatic hydroxyl groups is 1. The predicted molar refractivity (Wildman–Crippen MR) is 79.4 cm³/mol. The van der Waals surface area contributed by atoms with Crippen LogP contribution in [0.5, 0.6) is 0 Å². The van der Waals surface area contributed by atoms with Crippen LogP contribution in [0.4, 0.5) is 0 Å². The number of nitrogens with zero attached hydrogens (tertiary/aromatic N) is 2. The van der Waals surface area contributed by atoms with Crippen molar-refractivity contribution >= 4 is 0 Å². The Morgan fingerprint density at radius 3 is 2.74 bits per heavy atom. The fraction of sp³-hybridized carbons (Fsp3) is 1.00. The van der Waals surface area contributed by atoms with Crippen molar-refractivity contribution in [2.24, 2.45) is 0 Å². The van der Waals surface area contributed by atoms with Gasteiger partial charge in [0.1, 0.15) is 0 Å². The Labute approximate surface area is 118 Å². The number of hydrogen-bond acceptors (Lipinski definition) is 4. The highest BCUT2D eigenvalue weighted by Crippen LogP contribution is 2.33. The number of aliphatic hydroxyl groups excluding tert-OH is 1. The average molecular weight is 269 g/mol. The van der Waals surface area contributed by atoms with Crippen LogP contribution in [0.1, 0.15) is 39.5 Å². The molecular weight excluding hydrogens is 238 g/mol. The fourth-order valence-corrected chi connectivity index (χ4v) is 3.89. The van der Waals surface area contributed by atoms with Crippen molar-refractivity contribution in [3.8, 4) is 0 Å². The fourth-order valence-electron chi connectivity index (χ4n) is 3.89. The monoisotopic (exact) mass is 269 g/mol. The van der Waals surface area contributed by atoms with Gasteiger partial charge < -0.3 is 15.3 Å². The summed E-state index contributed by atoms with van der Waals surface area (Å²) in [5.41, 5.74) is -0.00945. The molecule has 1 aliphatic carbocycles. The summed E-state index contributed by atoms with van der Waals surface area (Å²) >= 11 is 0. The molecule has 1 saturated heterocycles. The van der Waals surface area contributed by atoms with Crippen LogP contribution in [0.15, 0.2) is 0 Å². The number of piperazine rings is 1. The van der Waals surface area contributed by atoms with Crippen LogP contribution in [-0.4, -0.2) is 72.4 Å². The Kier molecular flexibility index (Phi) is 5.23. The maximum Gasteiger partial charge on any atom is 0.0613 e.